The van der Waals surface area contributed by atoms with E-state index < -0.39 is 0 Å². The molecule has 0 aliphatic carbocycles. The molecule has 0 unspecified atom stereocenters. The molecular formula is C20H23N5. The highest BCUT2D eigenvalue weighted by atomic mass is 15.3. The van der Waals surface area contributed by atoms with Gasteiger partial charge in [0.1, 0.15) is 0 Å². The van der Waals surface area contributed by atoms with E-state index in [1.807, 2.05) is 36.2 Å². The van der Waals surface area contributed by atoms with Gasteiger partial charge in [0.15, 0.2) is 5.82 Å². The van der Waals surface area contributed by atoms with Gasteiger partial charge in [-0.15, -0.1) is 5.10 Å². The van der Waals surface area contributed by atoms with Crippen molar-refractivity contribution in [2.24, 2.45) is 0 Å². The van der Waals surface area contributed by atoms with E-state index in [4.69, 9.17) is 0 Å². The van der Waals surface area contributed by atoms with Gasteiger partial charge in [-0.25, -0.2) is 0 Å². The van der Waals surface area contributed by atoms with Crippen molar-refractivity contribution in [3.63, 3.8) is 0 Å². The third-order valence-electron chi connectivity index (χ3n) is 3.94. The lowest BCUT2D eigenvalue weighted by molar-refractivity contribution is 0.818. The van der Waals surface area contributed by atoms with Gasteiger partial charge in [0.25, 0.3) is 0 Å². The Morgan fingerprint density at radius 3 is 2.32 bits per heavy atom. The van der Waals surface area contributed by atoms with Gasteiger partial charge in [-0.1, -0.05) is 60.7 Å². The number of benzene rings is 2. The first-order valence-electron chi connectivity index (χ1n) is 8.54. The smallest absolute Gasteiger partial charge is 0.247 e. The molecule has 0 radical (unpaired) electrons. The number of aromatic nitrogens is 3. The Bertz CT molecular complexity index is 761. The van der Waals surface area contributed by atoms with Gasteiger partial charge >= 0.3 is 0 Å². The topological polar surface area (TPSA) is 53.9 Å². The summed E-state index contributed by atoms with van der Waals surface area (Å²) in [4.78, 5) is 6.55. The second kappa shape index (κ2) is 8.78. The van der Waals surface area contributed by atoms with Crippen LogP contribution in [-0.4, -0.2) is 28.8 Å². The molecule has 3 aromatic rings. The van der Waals surface area contributed by atoms with E-state index in [2.05, 4.69) is 56.9 Å². The van der Waals surface area contributed by atoms with E-state index in [1.165, 1.54) is 11.1 Å². The molecule has 2 aromatic carbocycles. The summed E-state index contributed by atoms with van der Waals surface area (Å²) in [6, 6.07) is 20.8. The predicted molar refractivity (Wildman–Crippen MR) is 102 cm³/mol. The van der Waals surface area contributed by atoms with Crippen molar-refractivity contribution in [3.8, 4) is 0 Å². The summed E-state index contributed by atoms with van der Waals surface area (Å²) in [5.74, 6) is 1.38. The van der Waals surface area contributed by atoms with Gasteiger partial charge in [-0.2, -0.15) is 10.1 Å². The zero-order valence-electron chi connectivity index (χ0n) is 14.5. The second-order valence-corrected chi connectivity index (χ2v) is 6.00. The number of nitrogens with zero attached hydrogens (tertiary/aromatic N) is 4. The van der Waals surface area contributed by atoms with Crippen LogP contribution in [0.2, 0.25) is 0 Å². The van der Waals surface area contributed by atoms with Crippen molar-refractivity contribution < 1.29 is 0 Å². The fourth-order valence-corrected chi connectivity index (χ4v) is 2.62. The molecule has 0 spiro atoms. The minimum absolute atomic E-state index is 0.622. The lowest BCUT2D eigenvalue weighted by Crippen LogP contribution is -2.20. The lowest BCUT2D eigenvalue weighted by atomic mass is 10.1. The molecule has 128 valence electrons. The second-order valence-electron chi connectivity index (χ2n) is 6.00. The molecule has 0 saturated carbocycles. The van der Waals surface area contributed by atoms with Gasteiger partial charge < -0.3 is 10.2 Å². The summed E-state index contributed by atoms with van der Waals surface area (Å²) in [5.41, 5.74) is 2.57. The quantitative estimate of drug-likeness (QED) is 0.639. The van der Waals surface area contributed by atoms with Gasteiger partial charge in [0.2, 0.25) is 5.95 Å². The molecular weight excluding hydrogens is 310 g/mol. The molecule has 25 heavy (non-hydrogen) atoms. The average Bonchev–Trinajstić information content (AvgIpc) is 2.67. The van der Waals surface area contributed by atoms with E-state index in [-0.39, 0.29) is 0 Å². The number of aryl methyl sites for hydroxylation is 1. The highest BCUT2D eigenvalue weighted by Crippen LogP contribution is 2.11. The van der Waals surface area contributed by atoms with Gasteiger partial charge in [0.05, 0.1) is 6.20 Å². The molecule has 0 atom stereocenters. The lowest BCUT2D eigenvalue weighted by Gasteiger charge is -2.17. The van der Waals surface area contributed by atoms with Crippen LogP contribution in [0.25, 0.3) is 0 Å². The zero-order chi connectivity index (χ0) is 17.3. The molecule has 0 fully saturated rings. The van der Waals surface area contributed by atoms with Crippen LogP contribution in [0, 0.1) is 0 Å². The first kappa shape index (κ1) is 16.9. The van der Waals surface area contributed by atoms with Crippen LogP contribution in [0.5, 0.6) is 0 Å². The van der Waals surface area contributed by atoms with Crippen molar-refractivity contribution in [3.05, 3.63) is 78.0 Å². The first-order chi connectivity index (χ1) is 12.3. The molecule has 1 N–H and O–H groups in total. The highest BCUT2D eigenvalue weighted by molar-refractivity contribution is 5.39. The summed E-state index contributed by atoms with van der Waals surface area (Å²) in [6.07, 6.45) is 3.76. The van der Waals surface area contributed by atoms with Crippen molar-refractivity contribution in [2.45, 2.75) is 19.4 Å². The molecule has 0 aliphatic rings. The van der Waals surface area contributed by atoms with Crippen LogP contribution in [-0.2, 0) is 13.0 Å². The molecule has 5 heteroatoms. The maximum atomic E-state index is 4.55. The summed E-state index contributed by atoms with van der Waals surface area (Å²) >= 11 is 0. The predicted octanol–water partition coefficient (Wildman–Crippen LogP) is 3.55. The van der Waals surface area contributed by atoms with Gasteiger partial charge in [-0.05, 0) is 24.0 Å². The zero-order valence-corrected chi connectivity index (χ0v) is 14.5. The minimum atomic E-state index is 0.622. The van der Waals surface area contributed by atoms with Gasteiger partial charge in [0, 0.05) is 20.1 Å². The molecule has 5 nitrogen and oxygen atoms in total. The number of hydrogen-bond acceptors (Lipinski definition) is 5. The number of nitrogens with one attached hydrogen (secondary N) is 1. The Morgan fingerprint density at radius 1 is 0.920 bits per heavy atom. The first-order valence-corrected chi connectivity index (χ1v) is 8.54. The fraction of sp³-hybridized carbons (Fsp3) is 0.250. The van der Waals surface area contributed by atoms with Crippen LogP contribution in [0.15, 0.2) is 66.9 Å². The minimum Gasteiger partial charge on any atom is -0.369 e. The van der Waals surface area contributed by atoms with Crippen LogP contribution in [0.3, 0.4) is 0 Å². The largest absolute Gasteiger partial charge is 0.369 e. The van der Waals surface area contributed by atoms with Crippen LogP contribution in [0.1, 0.15) is 17.5 Å². The Kier molecular flexibility index (Phi) is 5.93. The Morgan fingerprint density at radius 2 is 1.60 bits per heavy atom. The SMILES string of the molecule is CN(Cc1ccccc1)c1nncc(NCCCc2ccccc2)n1. The summed E-state index contributed by atoms with van der Waals surface area (Å²) in [7, 11) is 1.98. The third-order valence-corrected chi connectivity index (χ3v) is 3.94. The number of anilines is 2. The number of rotatable bonds is 8. The van der Waals surface area contributed by atoms with E-state index in [9.17, 15) is 0 Å². The average molecular weight is 333 g/mol. The van der Waals surface area contributed by atoms with Crippen LogP contribution < -0.4 is 10.2 Å². The van der Waals surface area contributed by atoms with Crippen molar-refractivity contribution >= 4 is 11.8 Å². The normalized spacial score (nSPS) is 10.4. The van der Waals surface area contributed by atoms with Crippen molar-refractivity contribution in [1.82, 2.24) is 15.2 Å². The number of hydrogen-bond donors (Lipinski definition) is 1. The molecule has 0 aliphatic heterocycles. The van der Waals surface area contributed by atoms with E-state index >= 15 is 0 Å². The van der Waals surface area contributed by atoms with Crippen molar-refractivity contribution in [1.29, 1.82) is 0 Å². The molecule has 0 amide bonds. The summed E-state index contributed by atoms with van der Waals surface area (Å²) in [5, 5.41) is 11.5. The molecule has 0 bridgehead atoms. The summed E-state index contributed by atoms with van der Waals surface area (Å²) < 4.78 is 0. The standard InChI is InChI=1S/C20H23N5/c1-25(16-18-11-6-3-7-12-18)20-23-19(15-22-24-20)21-14-8-13-17-9-4-2-5-10-17/h2-7,9-12,15H,8,13-14,16H2,1H3,(H,21,23,24). The molecule has 0 saturated heterocycles. The Labute approximate surface area is 148 Å². The van der Waals surface area contributed by atoms with E-state index in [0.717, 1.165) is 31.7 Å². The third kappa shape index (κ3) is 5.28. The summed E-state index contributed by atoms with van der Waals surface area (Å²) in [6.45, 7) is 1.61. The van der Waals surface area contributed by atoms with Gasteiger partial charge in [-0.3, -0.25) is 0 Å². The maximum absolute atomic E-state index is 4.55. The molecule has 1 heterocycles. The molecule has 3 rings (SSSR count). The van der Waals surface area contributed by atoms with Crippen LogP contribution in [0.4, 0.5) is 11.8 Å². The van der Waals surface area contributed by atoms with Crippen LogP contribution >= 0.6 is 0 Å². The van der Waals surface area contributed by atoms with Crippen molar-refractivity contribution in [2.75, 3.05) is 23.8 Å². The Balaban J connectivity index is 1.50. The molecule has 1 aromatic heterocycles. The Hall–Kier alpha value is -2.95. The monoisotopic (exact) mass is 333 g/mol. The fourth-order valence-electron chi connectivity index (χ4n) is 2.62. The maximum Gasteiger partial charge on any atom is 0.247 e. The van der Waals surface area contributed by atoms with E-state index in [0.29, 0.717) is 5.95 Å². The highest BCUT2D eigenvalue weighted by Gasteiger charge is 2.07. The van der Waals surface area contributed by atoms with E-state index in [1.54, 1.807) is 6.20 Å².